The summed E-state index contributed by atoms with van der Waals surface area (Å²) >= 11 is 5.83. The quantitative estimate of drug-likeness (QED) is 0.683. The molecule has 19 heavy (non-hydrogen) atoms. The summed E-state index contributed by atoms with van der Waals surface area (Å²) < 4.78 is 5.00. The minimum Gasteiger partial charge on any atom is -0.476 e. The first-order valence-corrected chi connectivity index (χ1v) is 5.48. The third kappa shape index (κ3) is 3.05. The normalized spacial score (nSPS) is 9.95. The average molecular weight is 279 g/mol. The number of aromatic nitrogens is 2. The molecule has 1 heterocycles. The Kier molecular flexibility index (Phi) is 3.72. The van der Waals surface area contributed by atoms with E-state index in [0.717, 1.165) is 12.4 Å². The number of carbonyl (C=O) groups excluding carboxylic acids is 1. The Morgan fingerprint density at radius 2 is 1.84 bits per heavy atom. The van der Waals surface area contributed by atoms with Crippen molar-refractivity contribution >= 4 is 23.5 Å². The molecule has 0 bridgehead atoms. The first-order valence-electron chi connectivity index (χ1n) is 5.10. The maximum absolute atomic E-state index is 11.8. The van der Waals surface area contributed by atoms with Crippen molar-refractivity contribution in [2.24, 2.45) is 0 Å². The van der Waals surface area contributed by atoms with Gasteiger partial charge >= 0.3 is 11.9 Å². The predicted octanol–water partition coefficient (Wildman–Crippen LogP) is 2.05. The van der Waals surface area contributed by atoms with Gasteiger partial charge < -0.3 is 9.84 Å². The number of nitrogens with zero attached hydrogens (tertiary/aromatic N) is 2. The molecule has 0 radical (unpaired) electrons. The highest BCUT2D eigenvalue weighted by Gasteiger charge is 2.15. The monoisotopic (exact) mass is 278 g/mol. The van der Waals surface area contributed by atoms with Crippen LogP contribution in [0.15, 0.2) is 36.7 Å². The number of carboxylic acids is 1. The Balaban J connectivity index is 2.23. The maximum Gasteiger partial charge on any atom is 0.364 e. The molecule has 0 saturated carbocycles. The van der Waals surface area contributed by atoms with E-state index in [1.165, 1.54) is 6.07 Å². The van der Waals surface area contributed by atoms with E-state index in [-0.39, 0.29) is 22.2 Å². The molecule has 2 rings (SSSR count). The van der Waals surface area contributed by atoms with Crippen LogP contribution in [0, 0.1) is 0 Å². The molecule has 0 saturated heterocycles. The summed E-state index contributed by atoms with van der Waals surface area (Å²) in [6.07, 6.45) is 2.15. The van der Waals surface area contributed by atoms with Crippen molar-refractivity contribution in [3.05, 3.63) is 53.1 Å². The molecular formula is C12H7ClN2O4. The van der Waals surface area contributed by atoms with Crippen LogP contribution in [0.25, 0.3) is 0 Å². The number of rotatable bonds is 3. The molecule has 7 heteroatoms. The lowest BCUT2D eigenvalue weighted by molar-refractivity contribution is 0.0689. The Labute approximate surface area is 112 Å². The van der Waals surface area contributed by atoms with Crippen LogP contribution in [-0.4, -0.2) is 27.0 Å². The number of para-hydroxylation sites is 1. The minimum absolute atomic E-state index is 0.164. The fourth-order valence-electron chi connectivity index (χ4n) is 1.25. The molecule has 96 valence electrons. The smallest absolute Gasteiger partial charge is 0.364 e. The highest BCUT2D eigenvalue weighted by molar-refractivity contribution is 6.32. The van der Waals surface area contributed by atoms with Gasteiger partial charge in [0.2, 0.25) is 0 Å². The Bertz CT molecular complexity index is 645. The summed E-state index contributed by atoms with van der Waals surface area (Å²) in [6, 6.07) is 6.40. The van der Waals surface area contributed by atoms with E-state index in [2.05, 4.69) is 9.97 Å². The first kappa shape index (κ1) is 13.0. The number of hydrogen-bond donors (Lipinski definition) is 1. The lowest BCUT2D eigenvalue weighted by Gasteiger charge is -2.05. The fourth-order valence-corrected chi connectivity index (χ4v) is 1.42. The summed E-state index contributed by atoms with van der Waals surface area (Å²) in [7, 11) is 0. The number of halogens is 1. The van der Waals surface area contributed by atoms with Crippen LogP contribution in [0.2, 0.25) is 5.02 Å². The van der Waals surface area contributed by atoms with Gasteiger partial charge in [0.15, 0.2) is 11.4 Å². The molecule has 0 unspecified atom stereocenters. The number of carboxylic acid groups (broad SMARTS) is 1. The molecule has 0 aliphatic heterocycles. The molecule has 1 aromatic carbocycles. The van der Waals surface area contributed by atoms with Gasteiger partial charge in [-0.3, -0.25) is 4.98 Å². The summed E-state index contributed by atoms with van der Waals surface area (Å²) in [6.45, 7) is 0. The van der Waals surface area contributed by atoms with E-state index in [9.17, 15) is 9.59 Å². The molecular weight excluding hydrogens is 272 g/mol. The molecule has 0 spiro atoms. The third-order valence-corrected chi connectivity index (χ3v) is 2.41. The van der Waals surface area contributed by atoms with Gasteiger partial charge in [-0.15, -0.1) is 0 Å². The molecule has 0 aliphatic carbocycles. The largest absolute Gasteiger partial charge is 0.476 e. The highest BCUT2D eigenvalue weighted by atomic mass is 35.5. The van der Waals surface area contributed by atoms with Gasteiger partial charge in [-0.2, -0.15) is 0 Å². The lowest BCUT2D eigenvalue weighted by atomic mass is 10.3. The van der Waals surface area contributed by atoms with Crippen molar-refractivity contribution in [1.29, 1.82) is 0 Å². The van der Waals surface area contributed by atoms with Gasteiger partial charge in [0.25, 0.3) is 0 Å². The number of benzene rings is 1. The summed E-state index contributed by atoms with van der Waals surface area (Å²) in [5.74, 6) is -1.94. The topological polar surface area (TPSA) is 89.4 Å². The van der Waals surface area contributed by atoms with Crippen molar-refractivity contribution in [2.75, 3.05) is 0 Å². The molecule has 2 aromatic rings. The van der Waals surface area contributed by atoms with Crippen LogP contribution < -0.4 is 4.74 Å². The van der Waals surface area contributed by atoms with Crippen molar-refractivity contribution in [3.63, 3.8) is 0 Å². The Hall–Kier alpha value is -2.47. The average Bonchev–Trinajstić information content (AvgIpc) is 2.41. The zero-order valence-electron chi connectivity index (χ0n) is 9.41. The van der Waals surface area contributed by atoms with E-state index >= 15 is 0 Å². The van der Waals surface area contributed by atoms with Crippen LogP contribution in [0.1, 0.15) is 21.0 Å². The van der Waals surface area contributed by atoms with Crippen molar-refractivity contribution in [2.45, 2.75) is 0 Å². The Morgan fingerprint density at radius 3 is 2.53 bits per heavy atom. The molecule has 0 fully saturated rings. The number of ether oxygens (including phenoxy) is 1. The standard InChI is InChI=1S/C12H7ClN2O4/c13-7-3-1-2-4-10(7)19-12(18)9-6-14-5-8(15-9)11(16)17/h1-6H,(H,16,17). The van der Waals surface area contributed by atoms with Crippen LogP contribution in [0.4, 0.5) is 0 Å². The molecule has 1 N–H and O–H groups in total. The number of aromatic carboxylic acids is 1. The van der Waals surface area contributed by atoms with E-state index in [1.54, 1.807) is 18.2 Å². The summed E-state index contributed by atoms with van der Waals surface area (Å²) in [5, 5.41) is 9.01. The molecule has 0 atom stereocenters. The number of esters is 1. The lowest BCUT2D eigenvalue weighted by Crippen LogP contribution is -2.14. The molecule has 0 aliphatic rings. The molecule has 6 nitrogen and oxygen atoms in total. The van der Waals surface area contributed by atoms with Gasteiger partial charge in [-0.1, -0.05) is 23.7 Å². The van der Waals surface area contributed by atoms with Crippen molar-refractivity contribution in [3.8, 4) is 5.75 Å². The fraction of sp³-hybridized carbons (Fsp3) is 0. The highest BCUT2D eigenvalue weighted by Crippen LogP contribution is 2.23. The first-order chi connectivity index (χ1) is 9.08. The van der Waals surface area contributed by atoms with Gasteiger partial charge in [0, 0.05) is 0 Å². The predicted molar refractivity (Wildman–Crippen MR) is 65.4 cm³/mol. The number of hydrogen-bond acceptors (Lipinski definition) is 5. The van der Waals surface area contributed by atoms with Crippen LogP contribution in [-0.2, 0) is 0 Å². The van der Waals surface area contributed by atoms with E-state index in [4.69, 9.17) is 21.4 Å². The Morgan fingerprint density at radius 1 is 1.16 bits per heavy atom. The van der Waals surface area contributed by atoms with E-state index < -0.39 is 11.9 Å². The summed E-state index contributed by atoms with van der Waals surface area (Å²) in [5.41, 5.74) is -0.548. The van der Waals surface area contributed by atoms with Crippen LogP contribution in [0.3, 0.4) is 0 Å². The maximum atomic E-state index is 11.8. The third-order valence-electron chi connectivity index (χ3n) is 2.10. The molecule has 0 amide bonds. The second-order valence-corrected chi connectivity index (χ2v) is 3.82. The van der Waals surface area contributed by atoms with Crippen LogP contribution in [0.5, 0.6) is 5.75 Å². The van der Waals surface area contributed by atoms with Crippen molar-refractivity contribution in [1.82, 2.24) is 9.97 Å². The van der Waals surface area contributed by atoms with Gasteiger partial charge in [-0.05, 0) is 12.1 Å². The van der Waals surface area contributed by atoms with Crippen LogP contribution >= 0.6 is 11.6 Å². The minimum atomic E-state index is -1.28. The SMILES string of the molecule is O=C(O)c1cncc(C(=O)Oc2ccccc2Cl)n1. The second kappa shape index (κ2) is 5.45. The van der Waals surface area contributed by atoms with E-state index in [0.29, 0.717) is 0 Å². The summed E-state index contributed by atoms with van der Waals surface area (Å²) in [4.78, 5) is 29.7. The number of carbonyl (C=O) groups is 2. The zero-order valence-corrected chi connectivity index (χ0v) is 10.2. The second-order valence-electron chi connectivity index (χ2n) is 3.41. The van der Waals surface area contributed by atoms with Crippen molar-refractivity contribution < 1.29 is 19.4 Å². The van der Waals surface area contributed by atoms with Gasteiger partial charge in [0.05, 0.1) is 17.4 Å². The van der Waals surface area contributed by atoms with Gasteiger partial charge in [0.1, 0.15) is 5.75 Å². The van der Waals surface area contributed by atoms with Gasteiger partial charge in [-0.25, -0.2) is 14.6 Å². The zero-order chi connectivity index (χ0) is 13.8. The van der Waals surface area contributed by atoms with E-state index in [1.807, 2.05) is 0 Å². The molecule has 1 aromatic heterocycles.